The van der Waals surface area contributed by atoms with Gasteiger partial charge in [0.25, 0.3) is 5.91 Å². The second-order valence-corrected chi connectivity index (χ2v) is 6.26. The molecule has 9 heteroatoms. The Labute approximate surface area is 148 Å². The molecule has 4 amide bonds. The fourth-order valence-electron chi connectivity index (χ4n) is 2.59. The molecule has 1 aromatic heterocycles. The molecule has 2 aromatic rings. The third kappa shape index (κ3) is 3.20. The SMILES string of the molecule is Cc1cc(NC(=O)CN2C(=O)NC(C)(c3cccc(Cl)c3)C2=O)no1. The lowest BCUT2D eigenvalue weighted by Crippen LogP contribution is -2.42. The smallest absolute Gasteiger partial charge is 0.325 e. The largest absolute Gasteiger partial charge is 0.360 e. The average molecular weight is 363 g/mol. The van der Waals surface area contributed by atoms with Gasteiger partial charge in [0.1, 0.15) is 17.8 Å². The van der Waals surface area contributed by atoms with Crippen LogP contribution in [-0.4, -0.2) is 34.4 Å². The highest BCUT2D eigenvalue weighted by molar-refractivity contribution is 6.30. The Bertz CT molecular complexity index is 865. The number of rotatable bonds is 4. The fourth-order valence-corrected chi connectivity index (χ4v) is 2.78. The maximum absolute atomic E-state index is 12.7. The van der Waals surface area contributed by atoms with Gasteiger partial charge >= 0.3 is 6.03 Å². The first-order valence-electron chi connectivity index (χ1n) is 7.43. The van der Waals surface area contributed by atoms with Gasteiger partial charge in [0.2, 0.25) is 5.91 Å². The van der Waals surface area contributed by atoms with E-state index in [1.807, 2.05) is 0 Å². The Morgan fingerprint density at radius 1 is 1.40 bits per heavy atom. The minimum absolute atomic E-state index is 0.215. The van der Waals surface area contributed by atoms with E-state index in [-0.39, 0.29) is 5.82 Å². The molecule has 25 heavy (non-hydrogen) atoms. The number of urea groups is 1. The Kier molecular flexibility index (Phi) is 4.22. The van der Waals surface area contributed by atoms with Crippen LogP contribution in [0.1, 0.15) is 18.2 Å². The zero-order valence-corrected chi connectivity index (χ0v) is 14.3. The van der Waals surface area contributed by atoms with Crippen LogP contribution in [0.25, 0.3) is 0 Å². The first kappa shape index (κ1) is 17.0. The second kappa shape index (κ2) is 6.21. The van der Waals surface area contributed by atoms with Crippen molar-refractivity contribution in [1.29, 1.82) is 0 Å². The third-order valence-corrected chi connectivity index (χ3v) is 4.11. The van der Waals surface area contributed by atoms with Crippen LogP contribution >= 0.6 is 11.6 Å². The molecule has 1 saturated heterocycles. The van der Waals surface area contributed by atoms with Crippen molar-refractivity contribution in [3.8, 4) is 0 Å². The number of carbonyl (C=O) groups excluding carboxylic acids is 3. The molecule has 3 rings (SSSR count). The van der Waals surface area contributed by atoms with Gasteiger partial charge in [-0.25, -0.2) is 4.79 Å². The van der Waals surface area contributed by atoms with E-state index in [2.05, 4.69) is 15.8 Å². The standard InChI is InChI=1S/C16H15ClN4O4/c1-9-6-12(20-25-9)18-13(22)8-21-14(23)16(2,19-15(21)24)10-4-3-5-11(17)7-10/h3-7H,8H2,1-2H3,(H,19,24)(H,18,20,22). The number of amides is 4. The lowest BCUT2D eigenvalue weighted by atomic mass is 9.92. The minimum Gasteiger partial charge on any atom is -0.360 e. The molecule has 2 heterocycles. The summed E-state index contributed by atoms with van der Waals surface area (Å²) in [7, 11) is 0. The molecular formula is C16H15ClN4O4. The van der Waals surface area contributed by atoms with Crippen molar-refractivity contribution in [1.82, 2.24) is 15.4 Å². The Morgan fingerprint density at radius 2 is 2.16 bits per heavy atom. The first-order valence-corrected chi connectivity index (χ1v) is 7.81. The molecule has 2 N–H and O–H groups in total. The Hall–Kier alpha value is -2.87. The Morgan fingerprint density at radius 3 is 2.80 bits per heavy atom. The van der Waals surface area contributed by atoms with Crippen LogP contribution < -0.4 is 10.6 Å². The molecule has 1 atom stereocenters. The van der Waals surface area contributed by atoms with Crippen LogP contribution in [0.5, 0.6) is 0 Å². The normalized spacial score (nSPS) is 19.9. The molecule has 130 valence electrons. The number of aromatic nitrogens is 1. The van der Waals surface area contributed by atoms with E-state index in [4.69, 9.17) is 16.1 Å². The van der Waals surface area contributed by atoms with Gasteiger partial charge in [-0.3, -0.25) is 14.5 Å². The van der Waals surface area contributed by atoms with Crippen molar-refractivity contribution in [2.75, 3.05) is 11.9 Å². The molecule has 1 aliphatic rings. The number of carbonyl (C=O) groups is 3. The summed E-state index contributed by atoms with van der Waals surface area (Å²) in [6.45, 7) is 2.81. The van der Waals surface area contributed by atoms with Gasteiger partial charge in [-0.2, -0.15) is 0 Å². The number of nitrogens with one attached hydrogen (secondary N) is 2. The van der Waals surface area contributed by atoms with Gasteiger partial charge in [-0.15, -0.1) is 0 Å². The van der Waals surface area contributed by atoms with Crippen molar-refractivity contribution in [3.05, 3.63) is 46.7 Å². The first-order chi connectivity index (χ1) is 11.8. The van der Waals surface area contributed by atoms with E-state index in [1.54, 1.807) is 38.1 Å². The fraction of sp³-hybridized carbons (Fsp3) is 0.250. The maximum atomic E-state index is 12.7. The van der Waals surface area contributed by atoms with Gasteiger partial charge in [0.15, 0.2) is 5.82 Å². The van der Waals surface area contributed by atoms with E-state index < -0.39 is 29.9 Å². The lowest BCUT2D eigenvalue weighted by Gasteiger charge is -2.22. The summed E-state index contributed by atoms with van der Waals surface area (Å²) in [4.78, 5) is 37.9. The van der Waals surface area contributed by atoms with Crippen molar-refractivity contribution in [3.63, 3.8) is 0 Å². The number of anilines is 1. The monoisotopic (exact) mass is 362 g/mol. The molecule has 1 aromatic carbocycles. The summed E-state index contributed by atoms with van der Waals surface area (Å²) >= 11 is 5.96. The summed E-state index contributed by atoms with van der Waals surface area (Å²) in [6, 6.07) is 7.51. The second-order valence-electron chi connectivity index (χ2n) is 5.83. The third-order valence-electron chi connectivity index (χ3n) is 3.87. The molecular weight excluding hydrogens is 348 g/mol. The predicted molar refractivity (Wildman–Crippen MR) is 88.9 cm³/mol. The molecule has 0 aliphatic carbocycles. The zero-order valence-electron chi connectivity index (χ0n) is 13.5. The van der Waals surface area contributed by atoms with E-state index in [1.165, 1.54) is 6.07 Å². The quantitative estimate of drug-likeness (QED) is 0.810. The minimum atomic E-state index is -1.28. The van der Waals surface area contributed by atoms with Gasteiger partial charge in [-0.1, -0.05) is 28.9 Å². The zero-order chi connectivity index (χ0) is 18.2. The number of halogens is 1. The average Bonchev–Trinajstić information content (AvgIpc) is 3.04. The summed E-state index contributed by atoms with van der Waals surface area (Å²) in [5.74, 6) is -0.357. The predicted octanol–water partition coefficient (Wildman–Crippen LogP) is 2.04. The molecule has 1 aliphatic heterocycles. The van der Waals surface area contributed by atoms with E-state index in [9.17, 15) is 14.4 Å². The molecule has 0 spiro atoms. The van der Waals surface area contributed by atoms with Crippen molar-refractivity contribution in [2.45, 2.75) is 19.4 Å². The number of aryl methyl sites for hydroxylation is 1. The summed E-state index contributed by atoms with van der Waals surface area (Å²) < 4.78 is 4.84. The van der Waals surface area contributed by atoms with Crippen LogP contribution in [0.15, 0.2) is 34.9 Å². The number of hydrogen-bond donors (Lipinski definition) is 2. The number of hydrogen-bond acceptors (Lipinski definition) is 5. The van der Waals surface area contributed by atoms with Crippen LogP contribution in [0.2, 0.25) is 5.02 Å². The summed E-state index contributed by atoms with van der Waals surface area (Å²) in [5.41, 5.74) is -0.749. The highest BCUT2D eigenvalue weighted by Crippen LogP contribution is 2.30. The van der Waals surface area contributed by atoms with Crippen molar-refractivity contribution < 1.29 is 18.9 Å². The highest BCUT2D eigenvalue weighted by Gasteiger charge is 2.49. The van der Waals surface area contributed by atoms with Crippen LogP contribution in [0.3, 0.4) is 0 Å². The van der Waals surface area contributed by atoms with Crippen LogP contribution in [-0.2, 0) is 15.1 Å². The maximum Gasteiger partial charge on any atom is 0.325 e. The van der Waals surface area contributed by atoms with Gasteiger partial charge in [0.05, 0.1) is 0 Å². The van der Waals surface area contributed by atoms with Gasteiger partial charge in [0, 0.05) is 11.1 Å². The lowest BCUT2D eigenvalue weighted by molar-refractivity contribution is -0.133. The topological polar surface area (TPSA) is 105 Å². The summed E-state index contributed by atoms with van der Waals surface area (Å²) in [5, 5.41) is 9.15. The van der Waals surface area contributed by atoms with E-state index in [0.717, 1.165) is 4.90 Å². The van der Waals surface area contributed by atoms with Crippen molar-refractivity contribution >= 4 is 35.3 Å². The molecule has 0 saturated carbocycles. The van der Waals surface area contributed by atoms with Crippen LogP contribution in [0, 0.1) is 6.92 Å². The number of imide groups is 1. The number of nitrogens with zero attached hydrogens (tertiary/aromatic N) is 2. The van der Waals surface area contributed by atoms with E-state index in [0.29, 0.717) is 16.3 Å². The molecule has 1 fully saturated rings. The molecule has 0 bridgehead atoms. The summed E-state index contributed by atoms with van der Waals surface area (Å²) in [6.07, 6.45) is 0. The van der Waals surface area contributed by atoms with Crippen molar-refractivity contribution in [2.24, 2.45) is 0 Å². The molecule has 8 nitrogen and oxygen atoms in total. The van der Waals surface area contributed by atoms with Crippen LogP contribution in [0.4, 0.5) is 10.6 Å². The van der Waals surface area contributed by atoms with Gasteiger partial charge in [-0.05, 0) is 31.5 Å². The Balaban J connectivity index is 1.76. The van der Waals surface area contributed by atoms with E-state index >= 15 is 0 Å². The van der Waals surface area contributed by atoms with Gasteiger partial charge < -0.3 is 15.2 Å². The molecule has 0 radical (unpaired) electrons. The molecule has 1 unspecified atom stereocenters. The highest BCUT2D eigenvalue weighted by atomic mass is 35.5. The number of benzene rings is 1.